The largest absolute Gasteiger partial charge is 0.335 e. The van der Waals surface area contributed by atoms with E-state index in [1.165, 1.54) is 10.4 Å². The van der Waals surface area contributed by atoms with Gasteiger partial charge in [0.05, 0.1) is 4.88 Å². The Morgan fingerprint density at radius 1 is 1.33 bits per heavy atom. The number of nitrogens with zero attached hydrogens (tertiary/aromatic N) is 2. The molecular weight excluding hydrogens is 244 g/mol. The van der Waals surface area contributed by atoms with E-state index in [-0.39, 0.29) is 5.91 Å². The van der Waals surface area contributed by atoms with Gasteiger partial charge in [-0.25, -0.2) is 0 Å². The zero-order valence-electron chi connectivity index (χ0n) is 11.5. The maximum absolute atomic E-state index is 12.4. The van der Waals surface area contributed by atoms with E-state index < -0.39 is 0 Å². The lowest BCUT2D eigenvalue weighted by atomic mass is 10.1. The molecule has 1 fully saturated rings. The summed E-state index contributed by atoms with van der Waals surface area (Å²) >= 11 is 1.65. The van der Waals surface area contributed by atoms with E-state index >= 15 is 0 Å². The van der Waals surface area contributed by atoms with Gasteiger partial charge in [0.15, 0.2) is 0 Å². The molecule has 2 heterocycles. The quantitative estimate of drug-likeness (QED) is 0.839. The van der Waals surface area contributed by atoms with E-state index in [2.05, 4.69) is 31.9 Å². The number of hydrogen-bond acceptors (Lipinski definition) is 3. The van der Waals surface area contributed by atoms with Crippen molar-refractivity contribution in [2.75, 3.05) is 33.2 Å². The summed E-state index contributed by atoms with van der Waals surface area (Å²) in [4.78, 5) is 18.9. The lowest BCUT2D eigenvalue weighted by molar-refractivity contribution is 0.0669. The maximum atomic E-state index is 12.4. The predicted octanol–water partition coefficient (Wildman–Crippen LogP) is 2.40. The highest BCUT2D eigenvalue weighted by Crippen LogP contribution is 2.24. The monoisotopic (exact) mass is 266 g/mol. The summed E-state index contributed by atoms with van der Waals surface area (Å²) < 4.78 is 0. The smallest absolute Gasteiger partial charge is 0.264 e. The minimum atomic E-state index is 0.221. The molecule has 1 amide bonds. The van der Waals surface area contributed by atoms with Gasteiger partial charge in [-0.2, -0.15) is 0 Å². The molecule has 1 aliphatic rings. The SMILES string of the molecule is CCCc1cc(C(=O)N2CCN(C)CC2)sc1C. The number of thiophene rings is 1. The van der Waals surface area contributed by atoms with Crippen molar-refractivity contribution in [2.45, 2.75) is 26.7 Å². The van der Waals surface area contributed by atoms with E-state index in [1.807, 2.05) is 4.90 Å². The van der Waals surface area contributed by atoms with Crippen molar-refractivity contribution in [3.63, 3.8) is 0 Å². The van der Waals surface area contributed by atoms with Crippen molar-refractivity contribution in [3.8, 4) is 0 Å². The third-order valence-corrected chi connectivity index (χ3v) is 4.62. The van der Waals surface area contributed by atoms with Gasteiger partial charge in [0.1, 0.15) is 0 Å². The third kappa shape index (κ3) is 2.93. The van der Waals surface area contributed by atoms with Crippen LogP contribution in [0.5, 0.6) is 0 Å². The van der Waals surface area contributed by atoms with Crippen LogP contribution in [0.15, 0.2) is 6.07 Å². The van der Waals surface area contributed by atoms with Gasteiger partial charge in [0.2, 0.25) is 0 Å². The zero-order valence-corrected chi connectivity index (χ0v) is 12.3. The minimum absolute atomic E-state index is 0.221. The molecule has 1 aliphatic heterocycles. The van der Waals surface area contributed by atoms with Gasteiger partial charge in [-0.1, -0.05) is 13.3 Å². The van der Waals surface area contributed by atoms with E-state index in [0.29, 0.717) is 0 Å². The molecule has 2 rings (SSSR count). The predicted molar refractivity (Wildman–Crippen MR) is 76.5 cm³/mol. The first-order valence-electron chi connectivity index (χ1n) is 6.69. The first-order chi connectivity index (χ1) is 8.61. The van der Waals surface area contributed by atoms with Crippen LogP contribution < -0.4 is 0 Å². The van der Waals surface area contributed by atoms with Crippen LogP contribution in [0.2, 0.25) is 0 Å². The summed E-state index contributed by atoms with van der Waals surface area (Å²) in [5, 5.41) is 0. The molecule has 0 radical (unpaired) electrons. The van der Waals surface area contributed by atoms with Crippen molar-refractivity contribution < 1.29 is 4.79 Å². The standard InChI is InChI=1S/C14H22N2OS/c1-4-5-12-10-13(18-11(12)2)14(17)16-8-6-15(3)7-9-16/h10H,4-9H2,1-3H3. The van der Waals surface area contributed by atoms with Gasteiger partial charge < -0.3 is 9.80 Å². The number of carbonyl (C=O) groups is 1. The fourth-order valence-electron chi connectivity index (χ4n) is 2.31. The van der Waals surface area contributed by atoms with Crippen LogP contribution in [-0.2, 0) is 6.42 Å². The van der Waals surface area contributed by atoms with E-state index in [0.717, 1.165) is 43.9 Å². The first kappa shape index (κ1) is 13.6. The topological polar surface area (TPSA) is 23.6 Å². The number of aryl methyl sites for hydroxylation is 2. The van der Waals surface area contributed by atoms with Crippen LogP contribution >= 0.6 is 11.3 Å². The van der Waals surface area contributed by atoms with E-state index in [1.54, 1.807) is 11.3 Å². The van der Waals surface area contributed by atoms with Crippen LogP contribution in [-0.4, -0.2) is 48.9 Å². The van der Waals surface area contributed by atoms with Crippen LogP contribution in [0.4, 0.5) is 0 Å². The van der Waals surface area contributed by atoms with Gasteiger partial charge in [-0.3, -0.25) is 4.79 Å². The average Bonchev–Trinajstić information content (AvgIpc) is 2.72. The second-order valence-corrected chi connectivity index (χ2v) is 6.29. The summed E-state index contributed by atoms with van der Waals surface area (Å²) in [5.41, 5.74) is 1.35. The number of carbonyl (C=O) groups excluding carboxylic acids is 1. The fraction of sp³-hybridized carbons (Fsp3) is 0.643. The molecule has 3 nitrogen and oxygen atoms in total. The summed E-state index contributed by atoms with van der Waals surface area (Å²) in [7, 11) is 2.11. The average molecular weight is 266 g/mol. The molecule has 0 N–H and O–H groups in total. The van der Waals surface area contributed by atoms with Crippen molar-refractivity contribution in [1.29, 1.82) is 0 Å². The zero-order chi connectivity index (χ0) is 13.1. The summed E-state index contributed by atoms with van der Waals surface area (Å²) in [5.74, 6) is 0.221. The van der Waals surface area contributed by atoms with Crippen molar-refractivity contribution in [2.24, 2.45) is 0 Å². The van der Waals surface area contributed by atoms with Crippen LogP contribution in [0.1, 0.15) is 33.5 Å². The van der Waals surface area contributed by atoms with Gasteiger partial charge in [0.25, 0.3) is 5.91 Å². The normalized spacial score (nSPS) is 17.2. The Bertz CT molecular complexity index is 419. The van der Waals surface area contributed by atoms with Crippen molar-refractivity contribution in [1.82, 2.24) is 9.80 Å². The lowest BCUT2D eigenvalue weighted by Crippen LogP contribution is -2.46. The molecule has 0 unspecified atom stereocenters. The summed E-state index contributed by atoms with van der Waals surface area (Å²) in [6.45, 7) is 7.98. The fourth-order valence-corrected chi connectivity index (χ4v) is 3.35. The molecular formula is C14H22N2OS. The molecule has 1 saturated heterocycles. The highest BCUT2D eigenvalue weighted by molar-refractivity contribution is 7.14. The van der Waals surface area contributed by atoms with Gasteiger partial charge in [0, 0.05) is 31.1 Å². The molecule has 0 saturated carbocycles. The molecule has 100 valence electrons. The third-order valence-electron chi connectivity index (χ3n) is 3.54. The molecule has 1 aromatic rings. The Morgan fingerprint density at radius 3 is 2.61 bits per heavy atom. The Kier molecular flexibility index (Phi) is 4.40. The number of rotatable bonds is 3. The van der Waals surface area contributed by atoms with E-state index in [4.69, 9.17) is 0 Å². The van der Waals surface area contributed by atoms with Crippen LogP contribution in [0.25, 0.3) is 0 Å². The Balaban J connectivity index is 2.06. The molecule has 0 aliphatic carbocycles. The molecule has 0 aromatic carbocycles. The number of hydrogen-bond donors (Lipinski definition) is 0. The van der Waals surface area contributed by atoms with Gasteiger partial charge in [-0.05, 0) is 32.0 Å². The second-order valence-electron chi connectivity index (χ2n) is 5.04. The summed E-state index contributed by atoms with van der Waals surface area (Å²) in [6, 6.07) is 2.10. The molecule has 0 spiro atoms. The maximum Gasteiger partial charge on any atom is 0.264 e. The summed E-state index contributed by atoms with van der Waals surface area (Å²) in [6.07, 6.45) is 2.22. The van der Waals surface area contributed by atoms with Gasteiger partial charge >= 0.3 is 0 Å². The first-order valence-corrected chi connectivity index (χ1v) is 7.50. The molecule has 1 aromatic heterocycles. The van der Waals surface area contributed by atoms with E-state index in [9.17, 15) is 4.79 Å². The Labute approximate surface area is 113 Å². The lowest BCUT2D eigenvalue weighted by Gasteiger charge is -2.32. The second kappa shape index (κ2) is 5.85. The number of amides is 1. The highest BCUT2D eigenvalue weighted by atomic mass is 32.1. The number of likely N-dealkylation sites (N-methyl/N-ethyl adjacent to an activating group) is 1. The van der Waals surface area contributed by atoms with Crippen LogP contribution in [0.3, 0.4) is 0 Å². The van der Waals surface area contributed by atoms with Gasteiger partial charge in [-0.15, -0.1) is 11.3 Å². The van der Waals surface area contributed by atoms with Crippen molar-refractivity contribution in [3.05, 3.63) is 21.4 Å². The molecule has 4 heteroatoms. The highest BCUT2D eigenvalue weighted by Gasteiger charge is 2.22. The Hall–Kier alpha value is -0.870. The molecule has 18 heavy (non-hydrogen) atoms. The molecule has 0 bridgehead atoms. The van der Waals surface area contributed by atoms with Crippen molar-refractivity contribution >= 4 is 17.2 Å². The van der Waals surface area contributed by atoms with Crippen LogP contribution in [0, 0.1) is 6.92 Å². The minimum Gasteiger partial charge on any atom is -0.335 e. The molecule has 0 atom stereocenters. The Morgan fingerprint density at radius 2 is 2.00 bits per heavy atom. The number of piperazine rings is 1.